The Balaban J connectivity index is 1.50. The highest BCUT2D eigenvalue weighted by atomic mass is 35.5. The second-order valence-electron chi connectivity index (χ2n) is 11.6. The summed E-state index contributed by atoms with van der Waals surface area (Å²) in [6.07, 6.45) is 4.58. The van der Waals surface area contributed by atoms with E-state index in [0.29, 0.717) is 23.1 Å². The van der Waals surface area contributed by atoms with Gasteiger partial charge in [0.25, 0.3) is 0 Å². The second kappa shape index (κ2) is 8.68. The quantitative estimate of drug-likeness (QED) is 0.462. The first-order valence-electron chi connectivity index (χ1n) is 12.8. The van der Waals surface area contributed by atoms with Gasteiger partial charge in [-0.25, -0.2) is 4.98 Å². The van der Waals surface area contributed by atoms with Crippen molar-refractivity contribution in [3.8, 4) is 11.1 Å². The Labute approximate surface area is 227 Å². The van der Waals surface area contributed by atoms with Gasteiger partial charge in [-0.05, 0) is 44.9 Å². The maximum absolute atomic E-state index is 10.2. The molecule has 1 atom stereocenters. The molecule has 37 heavy (non-hydrogen) atoms. The maximum Gasteiger partial charge on any atom is 0.148 e. The van der Waals surface area contributed by atoms with Crippen molar-refractivity contribution in [3.63, 3.8) is 0 Å². The number of aryl methyl sites for hydroxylation is 1. The van der Waals surface area contributed by atoms with Crippen molar-refractivity contribution in [2.75, 3.05) is 31.1 Å². The van der Waals surface area contributed by atoms with Crippen molar-refractivity contribution in [1.82, 2.24) is 19.7 Å². The minimum absolute atomic E-state index is 0.134. The first kappa shape index (κ1) is 25.1. The minimum Gasteiger partial charge on any atom is -0.375 e. The Morgan fingerprint density at radius 1 is 1.22 bits per heavy atom. The van der Waals surface area contributed by atoms with Crippen molar-refractivity contribution >= 4 is 39.9 Å². The molecule has 7 nitrogen and oxygen atoms in total. The minimum atomic E-state index is -0.592. The molecule has 0 bridgehead atoms. The van der Waals surface area contributed by atoms with Gasteiger partial charge in [0.2, 0.25) is 0 Å². The summed E-state index contributed by atoms with van der Waals surface area (Å²) in [6.45, 7) is 13.8. The summed E-state index contributed by atoms with van der Waals surface area (Å²) in [5, 5.41) is 17.0. The standard InChI is InChI=1S/C28H33Cl2N5O2/c1-6-21(36)35-14-28(15-35)7-8-34(13-28)26-24(30)23(18-12-37-27(3,4)10-20(18)32-26)22-16(2)19(29)9-17-11-31-33(5)25(17)22/h6,9,11,21,36H,1,7-8,10,12-15H2,2-5H3. The molecule has 3 aromatic rings. The summed E-state index contributed by atoms with van der Waals surface area (Å²) < 4.78 is 8.16. The molecule has 1 N–H and O–H groups in total. The number of nitrogens with zero attached hydrogens (tertiary/aromatic N) is 5. The summed E-state index contributed by atoms with van der Waals surface area (Å²) in [5.41, 5.74) is 5.79. The van der Waals surface area contributed by atoms with Crippen LogP contribution in [0.4, 0.5) is 5.82 Å². The number of anilines is 1. The van der Waals surface area contributed by atoms with Gasteiger partial charge in [0, 0.05) is 72.2 Å². The molecule has 1 unspecified atom stereocenters. The maximum atomic E-state index is 10.2. The van der Waals surface area contributed by atoms with Crippen molar-refractivity contribution in [1.29, 1.82) is 0 Å². The van der Waals surface area contributed by atoms with E-state index < -0.39 is 6.23 Å². The average molecular weight is 543 g/mol. The molecule has 196 valence electrons. The predicted molar refractivity (Wildman–Crippen MR) is 148 cm³/mol. The molecule has 2 saturated heterocycles. The summed E-state index contributed by atoms with van der Waals surface area (Å²) in [4.78, 5) is 9.57. The summed E-state index contributed by atoms with van der Waals surface area (Å²) in [5.74, 6) is 0.822. The van der Waals surface area contributed by atoms with Crippen LogP contribution in [0.2, 0.25) is 10.0 Å². The number of aliphatic hydroxyl groups is 1. The molecular formula is C28H33Cl2N5O2. The van der Waals surface area contributed by atoms with E-state index in [1.54, 1.807) is 6.08 Å². The van der Waals surface area contributed by atoms with Crippen LogP contribution < -0.4 is 4.90 Å². The zero-order valence-electron chi connectivity index (χ0n) is 21.8. The number of aliphatic hydroxyl groups excluding tert-OH is 1. The van der Waals surface area contributed by atoms with E-state index in [4.69, 9.17) is 32.9 Å². The van der Waals surface area contributed by atoms with Crippen LogP contribution in [-0.2, 0) is 24.8 Å². The van der Waals surface area contributed by atoms with Crippen LogP contribution in [-0.4, -0.2) is 62.8 Å². The molecule has 0 aliphatic carbocycles. The van der Waals surface area contributed by atoms with Gasteiger partial charge in [-0.3, -0.25) is 9.58 Å². The van der Waals surface area contributed by atoms with Gasteiger partial charge in [0.1, 0.15) is 12.0 Å². The van der Waals surface area contributed by atoms with Gasteiger partial charge in [-0.1, -0.05) is 29.8 Å². The van der Waals surface area contributed by atoms with Crippen molar-refractivity contribution in [2.24, 2.45) is 12.5 Å². The molecule has 0 amide bonds. The van der Waals surface area contributed by atoms with E-state index in [1.807, 2.05) is 30.9 Å². The summed E-state index contributed by atoms with van der Waals surface area (Å²) in [6, 6.07) is 1.97. The number of ether oxygens (including phenoxy) is 1. The highest BCUT2D eigenvalue weighted by molar-refractivity contribution is 6.37. The van der Waals surface area contributed by atoms with E-state index in [9.17, 15) is 5.11 Å². The molecule has 3 aliphatic rings. The normalized spacial score (nSPS) is 21.3. The average Bonchev–Trinajstić information content (AvgIpc) is 3.43. The molecule has 1 spiro atoms. The number of hydrogen-bond acceptors (Lipinski definition) is 6. The Bertz CT molecular complexity index is 1430. The summed E-state index contributed by atoms with van der Waals surface area (Å²) in [7, 11) is 1.95. The van der Waals surface area contributed by atoms with Crippen LogP contribution in [0, 0.1) is 12.3 Å². The van der Waals surface area contributed by atoms with Gasteiger partial charge >= 0.3 is 0 Å². The number of hydrogen-bond donors (Lipinski definition) is 1. The monoisotopic (exact) mass is 541 g/mol. The van der Waals surface area contributed by atoms with E-state index >= 15 is 0 Å². The second-order valence-corrected chi connectivity index (χ2v) is 12.4. The number of pyridine rings is 1. The lowest BCUT2D eigenvalue weighted by Crippen LogP contribution is -2.60. The van der Waals surface area contributed by atoms with E-state index in [-0.39, 0.29) is 11.0 Å². The van der Waals surface area contributed by atoms with Gasteiger partial charge < -0.3 is 14.7 Å². The number of halogens is 2. The molecule has 2 aromatic heterocycles. The number of fused-ring (bicyclic) bond motifs is 2. The fourth-order valence-corrected chi connectivity index (χ4v) is 6.95. The zero-order valence-corrected chi connectivity index (χ0v) is 23.3. The van der Waals surface area contributed by atoms with Crippen LogP contribution >= 0.6 is 23.2 Å². The largest absolute Gasteiger partial charge is 0.375 e. The molecule has 3 aliphatic heterocycles. The molecule has 6 rings (SSSR count). The number of likely N-dealkylation sites (tertiary alicyclic amines) is 1. The molecule has 0 saturated carbocycles. The first-order valence-corrected chi connectivity index (χ1v) is 13.5. The fourth-order valence-electron chi connectivity index (χ4n) is 6.37. The van der Waals surface area contributed by atoms with E-state index in [0.717, 1.165) is 77.3 Å². The number of rotatable bonds is 4. The van der Waals surface area contributed by atoms with E-state index in [2.05, 4.69) is 35.3 Å². The van der Waals surface area contributed by atoms with Crippen LogP contribution in [0.15, 0.2) is 24.9 Å². The van der Waals surface area contributed by atoms with E-state index in [1.165, 1.54) is 0 Å². The first-order chi connectivity index (χ1) is 17.5. The van der Waals surface area contributed by atoms with Crippen LogP contribution in [0.25, 0.3) is 22.0 Å². The van der Waals surface area contributed by atoms with Crippen LogP contribution in [0.1, 0.15) is 37.1 Å². The third-order valence-electron chi connectivity index (χ3n) is 8.38. The Morgan fingerprint density at radius 2 is 1.97 bits per heavy atom. The molecule has 0 radical (unpaired) electrons. The fraction of sp³-hybridized carbons (Fsp3) is 0.500. The molecule has 2 fully saturated rings. The smallest absolute Gasteiger partial charge is 0.148 e. The third kappa shape index (κ3) is 3.98. The summed E-state index contributed by atoms with van der Waals surface area (Å²) >= 11 is 14.1. The van der Waals surface area contributed by atoms with Gasteiger partial charge in [0.05, 0.1) is 34.6 Å². The van der Waals surface area contributed by atoms with Crippen LogP contribution in [0.5, 0.6) is 0 Å². The van der Waals surface area contributed by atoms with Crippen molar-refractivity contribution in [2.45, 2.75) is 52.0 Å². The van der Waals surface area contributed by atoms with Crippen molar-refractivity contribution in [3.05, 3.63) is 51.8 Å². The number of benzene rings is 1. The lowest BCUT2D eigenvalue weighted by atomic mass is 9.79. The Hall–Kier alpha value is -2.16. The lowest BCUT2D eigenvalue weighted by molar-refractivity contribution is -0.0786. The molecule has 9 heteroatoms. The highest BCUT2D eigenvalue weighted by Gasteiger charge is 2.49. The number of aromatic nitrogens is 3. The SMILES string of the molecule is C=CC(O)N1CC2(CCN(c3nc4c(c(-c5c(C)c(Cl)cc6cnn(C)c56)c3Cl)COC(C)(C)C4)C2)C1. The van der Waals surface area contributed by atoms with Gasteiger partial charge in [0.15, 0.2) is 0 Å². The lowest BCUT2D eigenvalue weighted by Gasteiger charge is -2.49. The zero-order chi connectivity index (χ0) is 26.3. The molecular weight excluding hydrogens is 509 g/mol. The molecule has 1 aromatic carbocycles. The Kier molecular flexibility index (Phi) is 5.90. The van der Waals surface area contributed by atoms with Gasteiger partial charge in [-0.2, -0.15) is 5.10 Å². The van der Waals surface area contributed by atoms with Crippen LogP contribution in [0.3, 0.4) is 0 Å². The molecule has 5 heterocycles. The van der Waals surface area contributed by atoms with Crippen molar-refractivity contribution < 1.29 is 9.84 Å². The topological polar surface area (TPSA) is 66.7 Å². The third-order valence-corrected chi connectivity index (χ3v) is 9.13. The van der Waals surface area contributed by atoms with Gasteiger partial charge in [-0.15, -0.1) is 0 Å². The predicted octanol–water partition coefficient (Wildman–Crippen LogP) is 5.12. The highest BCUT2D eigenvalue weighted by Crippen LogP contribution is 2.49. The Morgan fingerprint density at radius 3 is 2.70 bits per heavy atom.